The summed E-state index contributed by atoms with van der Waals surface area (Å²) in [6.07, 6.45) is 0.841. The molecule has 1 atom stereocenters. The van der Waals surface area contributed by atoms with Crippen LogP contribution in [0.3, 0.4) is 0 Å². The van der Waals surface area contributed by atoms with Gasteiger partial charge in [0.1, 0.15) is 11.9 Å². The minimum Gasteiger partial charge on any atom is -0.467 e. The first-order chi connectivity index (χ1) is 13.2. The van der Waals surface area contributed by atoms with Gasteiger partial charge in [-0.05, 0) is 36.8 Å². The lowest BCUT2D eigenvalue weighted by atomic mass is 10.2. The van der Waals surface area contributed by atoms with Gasteiger partial charge in [-0.1, -0.05) is 23.7 Å². The van der Waals surface area contributed by atoms with Crippen LogP contribution in [0.1, 0.15) is 24.4 Å². The second-order valence-electron chi connectivity index (χ2n) is 6.62. The predicted octanol–water partition coefficient (Wildman–Crippen LogP) is 2.75. The zero-order valence-electron chi connectivity index (χ0n) is 15.6. The minimum absolute atomic E-state index is 0.279. The molecule has 0 aliphatic carbocycles. The number of hydrogen-bond donors (Lipinski definition) is 2. The summed E-state index contributed by atoms with van der Waals surface area (Å²) in [6, 6.07) is 11.6. The lowest BCUT2D eigenvalue weighted by Gasteiger charge is -2.36. The van der Waals surface area contributed by atoms with E-state index in [0.717, 1.165) is 50.3 Å². The van der Waals surface area contributed by atoms with Crippen LogP contribution in [0.5, 0.6) is 0 Å². The average Bonchev–Trinajstić information content (AvgIpc) is 3.22. The smallest absolute Gasteiger partial charge is 0.194 e. The summed E-state index contributed by atoms with van der Waals surface area (Å²) in [7, 11) is 0. The number of aliphatic hydroxyl groups is 1. The Morgan fingerprint density at radius 3 is 2.59 bits per heavy atom. The average molecular weight is 391 g/mol. The molecule has 0 radical (unpaired) electrons. The molecule has 1 aliphatic heterocycles. The molecule has 0 spiro atoms. The van der Waals surface area contributed by atoms with E-state index in [4.69, 9.17) is 16.0 Å². The van der Waals surface area contributed by atoms with Gasteiger partial charge in [-0.3, -0.25) is 4.90 Å². The fourth-order valence-electron chi connectivity index (χ4n) is 3.14. The van der Waals surface area contributed by atoms with E-state index in [1.165, 1.54) is 5.56 Å². The van der Waals surface area contributed by atoms with Crippen molar-refractivity contribution >= 4 is 17.6 Å². The molecule has 0 amide bonds. The normalized spacial score (nSPS) is 17.1. The number of rotatable bonds is 6. The van der Waals surface area contributed by atoms with E-state index in [2.05, 4.69) is 39.2 Å². The third-order valence-electron chi connectivity index (χ3n) is 4.61. The highest BCUT2D eigenvalue weighted by Crippen LogP contribution is 2.15. The molecule has 1 aromatic heterocycles. The highest BCUT2D eigenvalue weighted by Gasteiger charge is 2.20. The third kappa shape index (κ3) is 5.73. The number of nitrogens with zero attached hydrogens (tertiary/aromatic N) is 3. The van der Waals surface area contributed by atoms with Crippen molar-refractivity contribution in [3.63, 3.8) is 0 Å². The van der Waals surface area contributed by atoms with Crippen LogP contribution in [0.15, 0.2) is 52.1 Å². The summed E-state index contributed by atoms with van der Waals surface area (Å²) in [6.45, 7) is 7.78. The van der Waals surface area contributed by atoms with Crippen LogP contribution in [-0.4, -0.2) is 60.1 Å². The molecule has 2 N–H and O–H groups in total. The standard InChI is InChI=1S/C20H27ClN4O2/c1-2-22-20(23-14-18(26)19-4-3-13-27-19)25-11-9-24(10-12-25)15-16-5-7-17(21)8-6-16/h3-8,13,18,26H,2,9-12,14-15H2,1H3,(H,22,23). The predicted molar refractivity (Wildman–Crippen MR) is 108 cm³/mol. The molecule has 3 rings (SSSR count). The molecular weight excluding hydrogens is 364 g/mol. The van der Waals surface area contributed by atoms with E-state index in [0.29, 0.717) is 5.76 Å². The number of hydrogen-bond acceptors (Lipinski definition) is 4. The minimum atomic E-state index is -0.722. The highest BCUT2D eigenvalue weighted by atomic mass is 35.5. The van der Waals surface area contributed by atoms with Crippen LogP contribution < -0.4 is 5.32 Å². The molecule has 1 aromatic carbocycles. The van der Waals surface area contributed by atoms with Crippen LogP contribution in [-0.2, 0) is 6.54 Å². The van der Waals surface area contributed by atoms with Crippen molar-refractivity contribution in [2.75, 3.05) is 39.3 Å². The zero-order valence-corrected chi connectivity index (χ0v) is 16.4. The number of benzene rings is 1. The first-order valence-electron chi connectivity index (χ1n) is 9.37. The van der Waals surface area contributed by atoms with E-state index >= 15 is 0 Å². The Bertz CT molecular complexity index is 710. The SMILES string of the molecule is CCNC(=NCC(O)c1ccco1)N1CCN(Cc2ccc(Cl)cc2)CC1. The highest BCUT2D eigenvalue weighted by molar-refractivity contribution is 6.30. The molecular formula is C20H27ClN4O2. The third-order valence-corrected chi connectivity index (χ3v) is 4.86. The Hall–Kier alpha value is -2.02. The monoisotopic (exact) mass is 390 g/mol. The zero-order chi connectivity index (χ0) is 19.1. The van der Waals surface area contributed by atoms with Gasteiger partial charge >= 0.3 is 0 Å². The summed E-state index contributed by atoms with van der Waals surface area (Å²) >= 11 is 5.96. The number of furan rings is 1. The van der Waals surface area contributed by atoms with Gasteiger partial charge in [0, 0.05) is 44.3 Å². The largest absolute Gasteiger partial charge is 0.467 e. The Balaban J connectivity index is 1.53. The Labute approximate surface area is 165 Å². The van der Waals surface area contributed by atoms with Gasteiger partial charge in [0.25, 0.3) is 0 Å². The lowest BCUT2D eigenvalue weighted by molar-refractivity contribution is 0.155. The number of halogens is 1. The number of guanidine groups is 1. The molecule has 1 aliphatic rings. The van der Waals surface area contributed by atoms with E-state index in [9.17, 15) is 5.11 Å². The topological polar surface area (TPSA) is 64.2 Å². The van der Waals surface area contributed by atoms with Crippen LogP contribution in [0.25, 0.3) is 0 Å². The van der Waals surface area contributed by atoms with Crippen LogP contribution in [0, 0.1) is 0 Å². The van der Waals surface area contributed by atoms with Crippen LogP contribution in [0.4, 0.5) is 0 Å². The maximum atomic E-state index is 10.2. The van der Waals surface area contributed by atoms with Gasteiger partial charge in [0.05, 0.1) is 12.8 Å². The van der Waals surface area contributed by atoms with Crippen molar-refractivity contribution < 1.29 is 9.52 Å². The van der Waals surface area contributed by atoms with Crippen LogP contribution in [0.2, 0.25) is 5.02 Å². The van der Waals surface area contributed by atoms with Crippen LogP contribution >= 0.6 is 11.6 Å². The molecule has 1 saturated heterocycles. The summed E-state index contributed by atoms with van der Waals surface area (Å²) in [5, 5.41) is 14.3. The molecule has 7 heteroatoms. The van der Waals surface area contributed by atoms with Gasteiger partial charge in [-0.25, -0.2) is 4.99 Å². The fraction of sp³-hybridized carbons (Fsp3) is 0.450. The van der Waals surface area contributed by atoms with E-state index in [1.54, 1.807) is 18.4 Å². The number of aliphatic hydroxyl groups excluding tert-OH is 1. The Kier molecular flexibility index (Phi) is 7.15. The summed E-state index contributed by atoms with van der Waals surface area (Å²) in [4.78, 5) is 9.28. The maximum Gasteiger partial charge on any atom is 0.194 e. The Morgan fingerprint density at radius 2 is 1.96 bits per heavy atom. The lowest BCUT2D eigenvalue weighted by Crippen LogP contribution is -2.52. The van der Waals surface area contributed by atoms with E-state index in [1.807, 2.05) is 12.1 Å². The second-order valence-corrected chi connectivity index (χ2v) is 7.05. The van der Waals surface area contributed by atoms with Crippen molar-refractivity contribution in [3.05, 3.63) is 59.0 Å². The quantitative estimate of drug-likeness (QED) is 0.586. The molecule has 2 aromatic rings. The van der Waals surface area contributed by atoms with Crippen molar-refractivity contribution in [2.24, 2.45) is 4.99 Å². The second kappa shape index (κ2) is 9.78. The van der Waals surface area contributed by atoms with Gasteiger partial charge in [0.2, 0.25) is 0 Å². The summed E-state index contributed by atoms with van der Waals surface area (Å²) < 4.78 is 5.24. The molecule has 0 saturated carbocycles. The Morgan fingerprint density at radius 1 is 1.22 bits per heavy atom. The van der Waals surface area contributed by atoms with Gasteiger partial charge < -0.3 is 19.7 Å². The number of piperazine rings is 1. The van der Waals surface area contributed by atoms with Gasteiger partial charge in [-0.2, -0.15) is 0 Å². The molecule has 1 fully saturated rings. The van der Waals surface area contributed by atoms with Gasteiger partial charge in [0.15, 0.2) is 5.96 Å². The van der Waals surface area contributed by atoms with Crippen molar-refractivity contribution in [3.8, 4) is 0 Å². The number of nitrogens with one attached hydrogen (secondary N) is 1. The summed E-state index contributed by atoms with van der Waals surface area (Å²) in [5.74, 6) is 1.39. The van der Waals surface area contributed by atoms with E-state index < -0.39 is 6.10 Å². The number of aliphatic imine (C=N–C) groups is 1. The van der Waals surface area contributed by atoms with Crippen molar-refractivity contribution in [1.29, 1.82) is 0 Å². The molecule has 6 nitrogen and oxygen atoms in total. The first-order valence-corrected chi connectivity index (χ1v) is 9.75. The molecule has 0 bridgehead atoms. The van der Waals surface area contributed by atoms with Crippen molar-refractivity contribution in [2.45, 2.75) is 19.6 Å². The molecule has 2 heterocycles. The molecule has 146 valence electrons. The molecule has 1 unspecified atom stereocenters. The maximum absolute atomic E-state index is 10.2. The van der Waals surface area contributed by atoms with Crippen molar-refractivity contribution in [1.82, 2.24) is 15.1 Å². The van der Waals surface area contributed by atoms with Gasteiger partial charge in [-0.15, -0.1) is 0 Å². The van der Waals surface area contributed by atoms with E-state index in [-0.39, 0.29) is 6.54 Å². The fourth-order valence-corrected chi connectivity index (χ4v) is 3.26. The first kappa shape index (κ1) is 19.7. The molecule has 27 heavy (non-hydrogen) atoms. The summed E-state index contributed by atoms with van der Waals surface area (Å²) in [5.41, 5.74) is 1.27.